The molecule has 2 atom stereocenters. The van der Waals surface area contributed by atoms with Crippen LogP contribution < -0.4 is 5.32 Å². The van der Waals surface area contributed by atoms with Gasteiger partial charge in [-0.1, -0.05) is 24.9 Å². The predicted octanol–water partition coefficient (Wildman–Crippen LogP) is 2.31. The average Bonchev–Trinajstić information content (AvgIpc) is 2.83. The van der Waals surface area contributed by atoms with Crippen LogP contribution in [0.4, 0.5) is 0 Å². The molecule has 5 nitrogen and oxygen atoms in total. The molecule has 2 rings (SSSR count). The molecule has 1 heterocycles. The lowest BCUT2D eigenvalue weighted by molar-refractivity contribution is -0.00296. The molecule has 1 aromatic heterocycles. The van der Waals surface area contributed by atoms with Gasteiger partial charge in [-0.15, -0.1) is 0 Å². The van der Waals surface area contributed by atoms with Crippen molar-refractivity contribution < 1.29 is 14.1 Å². The van der Waals surface area contributed by atoms with Gasteiger partial charge in [0.2, 0.25) is 0 Å². The van der Waals surface area contributed by atoms with E-state index in [9.17, 15) is 4.79 Å². The van der Waals surface area contributed by atoms with Crippen LogP contribution in [-0.2, 0) is 4.74 Å². The van der Waals surface area contributed by atoms with Crippen molar-refractivity contribution in [3.8, 4) is 0 Å². The van der Waals surface area contributed by atoms with E-state index >= 15 is 0 Å². The topological polar surface area (TPSA) is 64.4 Å². The Bertz CT molecular complexity index is 417. The predicted molar refractivity (Wildman–Crippen MR) is 70.9 cm³/mol. The fourth-order valence-corrected chi connectivity index (χ4v) is 2.47. The van der Waals surface area contributed by atoms with E-state index in [0.717, 1.165) is 6.42 Å². The van der Waals surface area contributed by atoms with Gasteiger partial charge in [-0.2, -0.15) is 0 Å². The van der Waals surface area contributed by atoms with Crippen molar-refractivity contribution in [2.24, 2.45) is 5.92 Å². The number of aromatic nitrogens is 1. The van der Waals surface area contributed by atoms with Crippen LogP contribution in [0.3, 0.4) is 0 Å². The van der Waals surface area contributed by atoms with Crippen molar-refractivity contribution in [1.29, 1.82) is 0 Å². The molecular weight excluding hydrogens is 244 g/mol. The molecule has 1 fully saturated rings. The molecule has 0 radical (unpaired) electrons. The molecule has 1 saturated carbocycles. The molecule has 0 saturated heterocycles. The smallest absolute Gasteiger partial charge is 0.273 e. The molecule has 0 spiro atoms. The quantitative estimate of drug-likeness (QED) is 0.831. The first-order valence-electron chi connectivity index (χ1n) is 7.00. The Hall–Kier alpha value is -1.36. The minimum Gasteiger partial charge on any atom is -0.376 e. The number of amides is 1. The van der Waals surface area contributed by atoms with E-state index in [0.29, 0.717) is 36.6 Å². The van der Waals surface area contributed by atoms with Gasteiger partial charge >= 0.3 is 0 Å². The van der Waals surface area contributed by atoms with Gasteiger partial charge in [0, 0.05) is 12.6 Å². The van der Waals surface area contributed by atoms with Crippen LogP contribution in [0.15, 0.2) is 10.6 Å². The van der Waals surface area contributed by atoms with Crippen LogP contribution in [0.2, 0.25) is 0 Å². The zero-order valence-corrected chi connectivity index (χ0v) is 11.6. The first-order valence-corrected chi connectivity index (χ1v) is 7.00. The van der Waals surface area contributed by atoms with Crippen molar-refractivity contribution >= 4 is 5.91 Å². The lowest BCUT2D eigenvalue weighted by atomic mass is 9.88. The zero-order valence-electron chi connectivity index (χ0n) is 11.6. The van der Waals surface area contributed by atoms with Crippen molar-refractivity contribution in [2.45, 2.75) is 45.6 Å². The Balaban J connectivity index is 1.65. The van der Waals surface area contributed by atoms with Gasteiger partial charge < -0.3 is 14.6 Å². The summed E-state index contributed by atoms with van der Waals surface area (Å²) in [7, 11) is 0. The van der Waals surface area contributed by atoms with Crippen molar-refractivity contribution in [2.75, 3.05) is 13.2 Å². The average molecular weight is 266 g/mol. The number of carbonyl (C=O) groups is 1. The Labute approximate surface area is 113 Å². The highest BCUT2D eigenvalue weighted by Crippen LogP contribution is 2.25. The summed E-state index contributed by atoms with van der Waals surface area (Å²) in [4.78, 5) is 11.7. The monoisotopic (exact) mass is 266 g/mol. The normalized spacial score (nSPS) is 23.3. The van der Waals surface area contributed by atoms with Crippen LogP contribution in [0.25, 0.3) is 0 Å². The molecule has 1 amide bonds. The maximum atomic E-state index is 11.7. The maximum Gasteiger partial charge on any atom is 0.273 e. The van der Waals surface area contributed by atoms with Gasteiger partial charge in [0.25, 0.3) is 5.91 Å². The number of nitrogens with one attached hydrogen (secondary N) is 1. The summed E-state index contributed by atoms with van der Waals surface area (Å²) in [5.74, 6) is 1.05. The molecule has 0 bridgehead atoms. The maximum absolute atomic E-state index is 11.7. The molecule has 0 aliphatic heterocycles. The SMILES string of the molecule is Cc1cc(C(=O)NCCO[C@H]2CCCC[C@@H]2C)no1. The first-order chi connectivity index (χ1) is 9.16. The molecule has 106 valence electrons. The lowest BCUT2D eigenvalue weighted by Gasteiger charge is -2.28. The number of carbonyl (C=O) groups excluding carboxylic acids is 1. The number of rotatable bonds is 5. The van der Waals surface area contributed by atoms with E-state index in [1.54, 1.807) is 13.0 Å². The molecule has 5 heteroatoms. The molecule has 1 aromatic rings. The highest BCUT2D eigenvalue weighted by atomic mass is 16.5. The minimum atomic E-state index is -0.211. The number of hydrogen-bond acceptors (Lipinski definition) is 4. The summed E-state index contributed by atoms with van der Waals surface area (Å²) in [6.45, 7) is 5.06. The Morgan fingerprint density at radius 3 is 3.00 bits per heavy atom. The second-order valence-electron chi connectivity index (χ2n) is 5.25. The highest BCUT2D eigenvalue weighted by Gasteiger charge is 2.21. The van der Waals surface area contributed by atoms with E-state index in [1.807, 2.05) is 0 Å². The van der Waals surface area contributed by atoms with E-state index in [4.69, 9.17) is 9.26 Å². The van der Waals surface area contributed by atoms with E-state index in [-0.39, 0.29) is 5.91 Å². The second kappa shape index (κ2) is 6.70. The van der Waals surface area contributed by atoms with Gasteiger partial charge in [-0.25, -0.2) is 0 Å². The third-order valence-electron chi connectivity index (χ3n) is 3.61. The molecule has 1 N–H and O–H groups in total. The summed E-state index contributed by atoms with van der Waals surface area (Å²) < 4.78 is 10.7. The fraction of sp³-hybridized carbons (Fsp3) is 0.714. The van der Waals surface area contributed by atoms with Crippen LogP contribution in [0.5, 0.6) is 0 Å². The third-order valence-corrected chi connectivity index (χ3v) is 3.61. The van der Waals surface area contributed by atoms with Crippen molar-refractivity contribution in [3.05, 3.63) is 17.5 Å². The molecule has 0 aromatic carbocycles. The van der Waals surface area contributed by atoms with Crippen LogP contribution in [0.1, 0.15) is 48.9 Å². The number of nitrogens with zero attached hydrogens (tertiary/aromatic N) is 1. The lowest BCUT2D eigenvalue weighted by Crippen LogP contribution is -2.31. The summed E-state index contributed by atoms with van der Waals surface area (Å²) in [5.41, 5.74) is 0.323. The third kappa shape index (κ3) is 4.06. The van der Waals surface area contributed by atoms with Gasteiger partial charge in [0.1, 0.15) is 5.76 Å². The van der Waals surface area contributed by atoms with Crippen LogP contribution in [-0.4, -0.2) is 30.3 Å². The second-order valence-corrected chi connectivity index (χ2v) is 5.25. The van der Waals surface area contributed by atoms with Crippen molar-refractivity contribution in [3.63, 3.8) is 0 Å². The Morgan fingerprint density at radius 2 is 2.32 bits per heavy atom. The molecule has 1 aliphatic rings. The van der Waals surface area contributed by atoms with E-state index in [1.165, 1.54) is 19.3 Å². The zero-order chi connectivity index (χ0) is 13.7. The summed E-state index contributed by atoms with van der Waals surface area (Å²) in [5, 5.41) is 6.45. The van der Waals surface area contributed by atoms with Crippen LogP contribution >= 0.6 is 0 Å². The molecule has 19 heavy (non-hydrogen) atoms. The Morgan fingerprint density at radius 1 is 1.53 bits per heavy atom. The largest absolute Gasteiger partial charge is 0.376 e. The first kappa shape index (κ1) is 14.1. The fourth-order valence-electron chi connectivity index (χ4n) is 2.47. The summed E-state index contributed by atoms with van der Waals surface area (Å²) in [6, 6.07) is 1.62. The highest BCUT2D eigenvalue weighted by molar-refractivity contribution is 5.92. The van der Waals surface area contributed by atoms with Crippen LogP contribution in [0, 0.1) is 12.8 Å². The van der Waals surface area contributed by atoms with E-state index < -0.39 is 0 Å². The number of aryl methyl sites for hydroxylation is 1. The van der Waals surface area contributed by atoms with Gasteiger partial charge in [0.15, 0.2) is 5.69 Å². The minimum absolute atomic E-state index is 0.211. The van der Waals surface area contributed by atoms with E-state index in [2.05, 4.69) is 17.4 Å². The molecular formula is C14H22N2O3. The molecule has 0 unspecified atom stereocenters. The van der Waals surface area contributed by atoms with Gasteiger partial charge in [-0.3, -0.25) is 4.79 Å². The Kier molecular flexibility index (Phi) is 4.96. The van der Waals surface area contributed by atoms with Gasteiger partial charge in [0.05, 0.1) is 12.7 Å². The van der Waals surface area contributed by atoms with Gasteiger partial charge in [-0.05, 0) is 25.7 Å². The summed E-state index contributed by atoms with van der Waals surface area (Å²) >= 11 is 0. The molecule has 1 aliphatic carbocycles. The summed E-state index contributed by atoms with van der Waals surface area (Å²) in [6.07, 6.45) is 5.29. The number of ether oxygens (including phenoxy) is 1. The number of hydrogen-bond donors (Lipinski definition) is 1. The van der Waals surface area contributed by atoms with Crippen molar-refractivity contribution in [1.82, 2.24) is 10.5 Å². The standard InChI is InChI=1S/C14H22N2O3/c1-10-5-3-4-6-13(10)18-8-7-15-14(17)12-9-11(2)19-16-12/h9-10,13H,3-8H2,1-2H3,(H,15,17)/t10-,13-/m0/s1.